The molecule has 0 saturated carbocycles. The number of nitrogens with zero attached hydrogens (tertiary/aromatic N) is 4. The first-order chi connectivity index (χ1) is 10.1. The molecule has 0 aliphatic rings. The van der Waals surface area contributed by atoms with E-state index in [4.69, 9.17) is 10.9 Å². The van der Waals surface area contributed by atoms with Gasteiger partial charge >= 0.3 is 0 Å². The lowest BCUT2D eigenvalue weighted by Gasteiger charge is -2.26. The molecule has 1 heterocycles. The third kappa shape index (κ3) is 3.81. The van der Waals surface area contributed by atoms with E-state index in [9.17, 15) is 0 Å². The maximum Gasteiger partial charge on any atom is 0.140 e. The van der Waals surface area contributed by atoms with Gasteiger partial charge in [-0.2, -0.15) is 0 Å². The zero-order valence-electron chi connectivity index (χ0n) is 12.4. The van der Waals surface area contributed by atoms with E-state index in [0.29, 0.717) is 18.9 Å². The van der Waals surface area contributed by atoms with Gasteiger partial charge in [-0.25, -0.2) is 9.97 Å². The van der Waals surface area contributed by atoms with E-state index < -0.39 is 0 Å². The molecule has 1 aromatic heterocycles. The lowest BCUT2D eigenvalue weighted by Crippen LogP contribution is -2.32. The predicted molar refractivity (Wildman–Crippen MR) is 84.6 cm³/mol. The van der Waals surface area contributed by atoms with Crippen LogP contribution in [0.3, 0.4) is 0 Å². The number of oxime groups is 1. The molecule has 2 rings (SSSR count). The van der Waals surface area contributed by atoms with Crippen molar-refractivity contribution in [2.75, 3.05) is 18.0 Å². The van der Waals surface area contributed by atoms with Gasteiger partial charge in [0.05, 0.1) is 5.52 Å². The van der Waals surface area contributed by atoms with E-state index in [1.165, 1.54) is 0 Å². The summed E-state index contributed by atoms with van der Waals surface area (Å²) in [6.45, 7) is 5.80. The van der Waals surface area contributed by atoms with Gasteiger partial charge in [0.2, 0.25) is 0 Å². The lowest BCUT2D eigenvalue weighted by molar-refractivity contribution is 0.317. The number of benzene rings is 1. The highest BCUT2D eigenvalue weighted by Crippen LogP contribution is 2.23. The number of aromatic nitrogens is 2. The maximum absolute atomic E-state index is 8.69. The van der Waals surface area contributed by atoms with Crippen LogP contribution >= 0.6 is 0 Å². The summed E-state index contributed by atoms with van der Waals surface area (Å²) in [7, 11) is 0. The molecule has 3 N–H and O–H groups in total. The van der Waals surface area contributed by atoms with Gasteiger partial charge in [-0.15, -0.1) is 0 Å². The number of amidine groups is 1. The summed E-state index contributed by atoms with van der Waals surface area (Å²) in [5.41, 5.74) is 6.50. The Labute approximate surface area is 124 Å². The molecule has 0 fully saturated rings. The van der Waals surface area contributed by atoms with Gasteiger partial charge in [0, 0.05) is 24.9 Å². The fourth-order valence-electron chi connectivity index (χ4n) is 2.27. The molecule has 21 heavy (non-hydrogen) atoms. The molecular formula is C15H21N5O. The van der Waals surface area contributed by atoms with Crippen LogP contribution in [0.25, 0.3) is 10.9 Å². The Morgan fingerprint density at radius 1 is 1.33 bits per heavy atom. The monoisotopic (exact) mass is 287 g/mol. The summed E-state index contributed by atoms with van der Waals surface area (Å²) < 4.78 is 0. The molecule has 6 nitrogen and oxygen atoms in total. The SMILES string of the molecule is CC(C)CN(CCC(N)=NO)c1ncnc2ccccc12. The second kappa shape index (κ2) is 6.88. The van der Waals surface area contributed by atoms with Crippen LogP contribution in [0, 0.1) is 5.92 Å². The van der Waals surface area contributed by atoms with Crippen molar-refractivity contribution in [1.82, 2.24) is 9.97 Å². The zero-order valence-corrected chi connectivity index (χ0v) is 12.4. The molecule has 0 spiro atoms. The highest BCUT2D eigenvalue weighted by atomic mass is 16.4. The normalized spacial score (nSPS) is 12.0. The van der Waals surface area contributed by atoms with Crippen LogP contribution in [-0.2, 0) is 0 Å². The third-order valence-corrected chi connectivity index (χ3v) is 3.17. The van der Waals surface area contributed by atoms with E-state index >= 15 is 0 Å². The number of rotatable bonds is 6. The number of anilines is 1. The number of hydrogen-bond donors (Lipinski definition) is 2. The lowest BCUT2D eigenvalue weighted by atomic mass is 10.1. The molecule has 0 atom stereocenters. The van der Waals surface area contributed by atoms with Crippen molar-refractivity contribution in [1.29, 1.82) is 0 Å². The quantitative estimate of drug-likeness (QED) is 0.368. The number of fused-ring (bicyclic) bond motifs is 1. The molecule has 0 aliphatic carbocycles. The average Bonchev–Trinajstić information content (AvgIpc) is 2.50. The largest absolute Gasteiger partial charge is 0.409 e. The Morgan fingerprint density at radius 2 is 2.10 bits per heavy atom. The van der Waals surface area contributed by atoms with Crippen molar-refractivity contribution in [3.8, 4) is 0 Å². The molecule has 112 valence electrons. The van der Waals surface area contributed by atoms with E-state index in [1.807, 2.05) is 24.3 Å². The molecule has 6 heteroatoms. The van der Waals surface area contributed by atoms with Crippen molar-refractivity contribution >= 4 is 22.6 Å². The number of nitrogens with two attached hydrogens (primary N) is 1. The first-order valence-corrected chi connectivity index (χ1v) is 7.03. The molecule has 0 radical (unpaired) electrons. The minimum absolute atomic E-state index is 0.224. The van der Waals surface area contributed by atoms with Crippen LogP contribution in [0.2, 0.25) is 0 Å². The highest BCUT2D eigenvalue weighted by molar-refractivity contribution is 5.89. The van der Waals surface area contributed by atoms with Gasteiger partial charge in [0.15, 0.2) is 0 Å². The smallest absolute Gasteiger partial charge is 0.140 e. The van der Waals surface area contributed by atoms with Crippen molar-refractivity contribution < 1.29 is 5.21 Å². The molecule has 1 aromatic carbocycles. The van der Waals surface area contributed by atoms with E-state index in [0.717, 1.165) is 23.3 Å². The third-order valence-electron chi connectivity index (χ3n) is 3.17. The van der Waals surface area contributed by atoms with Gasteiger partial charge in [0.1, 0.15) is 18.0 Å². The molecule has 0 bridgehead atoms. The summed E-state index contributed by atoms with van der Waals surface area (Å²) in [5.74, 6) is 1.59. The van der Waals surface area contributed by atoms with Gasteiger partial charge < -0.3 is 15.8 Å². The summed E-state index contributed by atoms with van der Waals surface area (Å²) in [5, 5.41) is 12.7. The van der Waals surface area contributed by atoms with Crippen molar-refractivity contribution in [3.05, 3.63) is 30.6 Å². The van der Waals surface area contributed by atoms with Crippen molar-refractivity contribution in [3.63, 3.8) is 0 Å². The Balaban J connectivity index is 2.33. The Kier molecular flexibility index (Phi) is 4.92. The molecule has 2 aromatic rings. The van der Waals surface area contributed by atoms with Crippen LogP contribution in [0.5, 0.6) is 0 Å². The Bertz CT molecular complexity index is 621. The van der Waals surface area contributed by atoms with Gasteiger partial charge in [0.25, 0.3) is 0 Å². The molecular weight excluding hydrogens is 266 g/mol. The van der Waals surface area contributed by atoms with Crippen molar-refractivity contribution in [2.24, 2.45) is 16.8 Å². The van der Waals surface area contributed by atoms with Gasteiger partial charge in [-0.3, -0.25) is 0 Å². The minimum atomic E-state index is 0.224. The number of para-hydroxylation sites is 1. The van der Waals surface area contributed by atoms with E-state index in [1.54, 1.807) is 6.33 Å². The van der Waals surface area contributed by atoms with Crippen molar-refractivity contribution in [2.45, 2.75) is 20.3 Å². The van der Waals surface area contributed by atoms with Gasteiger partial charge in [-0.05, 0) is 18.1 Å². The first-order valence-electron chi connectivity index (χ1n) is 7.03. The summed E-state index contributed by atoms with van der Waals surface area (Å²) >= 11 is 0. The Hall–Kier alpha value is -2.37. The zero-order chi connectivity index (χ0) is 15.2. The predicted octanol–water partition coefficient (Wildman–Crippen LogP) is 2.23. The maximum atomic E-state index is 8.69. The van der Waals surface area contributed by atoms with Crippen LogP contribution in [0.15, 0.2) is 35.7 Å². The first kappa shape index (κ1) is 15.0. The molecule has 0 unspecified atom stereocenters. The molecule has 0 aliphatic heterocycles. The van der Waals surface area contributed by atoms with Crippen LogP contribution in [-0.4, -0.2) is 34.1 Å². The van der Waals surface area contributed by atoms with Crippen LogP contribution in [0.4, 0.5) is 5.82 Å². The van der Waals surface area contributed by atoms with Gasteiger partial charge in [-0.1, -0.05) is 31.1 Å². The Morgan fingerprint density at radius 3 is 2.81 bits per heavy atom. The van der Waals surface area contributed by atoms with Crippen LogP contribution in [0.1, 0.15) is 20.3 Å². The molecule has 0 saturated heterocycles. The summed E-state index contributed by atoms with van der Waals surface area (Å²) in [6.07, 6.45) is 2.07. The van der Waals surface area contributed by atoms with E-state index in [2.05, 4.69) is 33.9 Å². The summed E-state index contributed by atoms with van der Waals surface area (Å²) in [4.78, 5) is 10.9. The second-order valence-corrected chi connectivity index (χ2v) is 5.40. The summed E-state index contributed by atoms with van der Waals surface area (Å²) in [6, 6.07) is 7.92. The number of hydrogen-bond acceptors (Lipinski definition) is 5. The minimum Gasteiger partial charge on any atom is -0.409 e. The van der Waals surface area contributed by atoms with Crippen LogP contribution < -0.4 is 10.6 Å². The molecule has 0 amide bonds. The van der Waals surface area contributed by atoms with E-state index in [-0.39, 0.29) is 5.84 Å². The average molecular weight is 287 g/mol. The fourth-order valence-corrected chi connectivity index (χ4v) is 2.27. The standard InChI is InChI=1S/C15H21N5O/c1-11(2)9-20(8-7-14(16)19-21)15-12-5-3-4-6-13(12)17-10-18-15/h3-6,10-11,21H,7-9H2,1-2H3,(H2,16,19). The fraction of sp³-hybridized carbons (Fsp3) is 0.400. The highest BCUT2D eigenvalue weighted by Gasteiger charge is 2.14. The second-order valence-electron chi connectivity index (χ2n) is 5.40. The topological polar surface area (TPSA) is 87.6 Å².